The summed E-state index contributed by atoms with van der Waals surface area (Å²) >= 11 is 0. The summed E-state index contributed by atoms with van der Waals surface area (Å²) < 4.78 is 13.0. The van der Waals surface area contributed by atoms with Crippen LogP contribution in [0.15, 0.2) is 120 Å². The summed E-state index contributed by atoms with van der Waals surface area (Å²) in [5.41, 5.74) is 6.25. The lowest BCUT2D eigenvalue weighted by atomic mass is 10.1. The zero-order chi connectivity index (χ0) is 28.4. The number of carbonyl (C=O) groups excluding carboxylic acids is 1. The van der Waals surface area contributed by atoms with Gasteiger partial charge in [-0.1, -0.05) is 60.7 Å². The van der Waals surface area contributed by atoms with Crippen LogP contribution in [0.5, 0.6) is 11.5 Å². The van der Waals surface area contributed by atoms with Crippen molar-refractivity contribution in [1.29, 1.82) is 0 Å². The quantitative estimate of drug-likeness (QED) is 0.131. The van der Waals surface area contributed by atoms with Crippen LogP contribution in [0.3, 0.4) is 0 Å². The molecule has 0 unspecified atom stereocenters. The van der Waals surface area contributed by atoms with Crippen LogP contribution in [-0.4, -0.2) is 33.4 Å². The highest BCUT2D eigenvalue weighted by atomic mass is 16.6. The Kier molecular flexibility index (Phi) is 8.41. The molecule has 0 aliphatic carbocycles. The number of carbonyl (C=O) groups is 1. The van der Waals surface area contributed by atoms with Gasteiger partial charge in [0.1, 0.15) is 18.1 Å². The number of nitro groups is 1. The molecule has 0 aliphatic heterocycles. The number of hydrazone groups is 1. The third-order valence-corrected chi connectivity index (χ3v) is 5.95. The van der Waals surface area contributed by atoms with Crippen LogP contribution in [0.4, 0.5) is 5.69 Å². The molecule has 1 amide bonds. The molecule has 5 rings (SSSR count). The van der Waals surface area contributed by atoms with E-state index in [1.807, 2.05) is 91.1 Å². The van der Waals surface area contributed by atoms with Crippen molar-refractivity contribution < 1.29 is 19.2 Å². The van der Waals surface area contributed by atoms with E-state index in [-0.39, 0.29) is 11.4 Å². The summed E-state index contributed by atoms with van der Waals surface area (Å²) in [4.78, 5) is 22.9. The van der Waals surface area contributed by atoms with E-state index in [9.17, 15) is 14.9 Å². The summed E-state index contributed by atoms with van der Waals surface area (Å²) in [5, 5.41) is 20.0. The molecule has 4 aromatic carbocycles. The van der Waals surface area contributed by atoms with Crippen molar-refractivity contribution in [2.45, 2.75) is 6.61 Å². The van der Waals surface area contributed by atoms with E-state index in [0.29, 0.717) is 17.9 Å². The molecule has 1 N–H and O–H groups in total. The first-order valence-corrected chi connectivity index (χ1v) is 12.7. The maximum absolute atomic E-state index is 12.3. The molecule has 0 fully saturated rings. The molecule has 0 radical (unpaired) electrons. The Morgan fingerprint density at radius 2 is 1.59 bits per heavy atom. The Labute approximate surface area is 235 Å². The Bertz CT molecular complexity index is 1650. The van der Waals surface area contributed by atoms with Gasteiger partial charge in [-0.2, -0.15) is 10.2 Å². The lowest BCUT2D eigenvalue weighted by molar-refractivity contribution is -0.385. The first kappa shape index (κ1) is 26.8. The van der Waals surface area contributed by atoms with E-state index in [1.54, 1.807) is 10.7 Å². The van der Waals surface area contributed by atoms with E-state index < -0.39 is 17.4 Å². The zero-order valence-corrected chi connectivity index (χ0v) is 21.8. The van der Waals surface area contributed by atoms with Gasteiger partial charge in [-0.15, -0.1) is 0 Å². The Morgan fingerprint density at radius 3 is 2.32 bits per heavy atom. The van der Waals surface area contributed by atoms with Crippen LogP contribution in [0.1, 0.15) is 11.1 Å². The number of hydrogen-bond donors (Lipinski definition) is 1. The predicted molar refractivity (Wildman–Crippen MR) is 154 cm³/mol. The molecule has 204 valence electrons. The van der Waals surface area contributed by atoms with Crippen molar-refractivity contribution in [3.63, 3.8) is 0 Å². The van der Waals surface area contributed by atoms with Crippen molar-refractivity contribution in [3.8, 4) is 28.4 Å². The van der Waals surface area contributed by atoms with Crippen molar-refractivity contribution >= 4 is 17.8 Å². The summed E-state index contributed by atoms with van der Waals surface area (Å²) in [7, 11) is 0. The molecule has 10 heteroatoms. The second kappa shape index (κ2) is 12.9. The molecule has 5 aromatic rings. The first-order chi connectivity index (χ1) is 20.1. The molecule has 0 atom stereocenters. The fourth-order valence-electron chi connectivity index (χ4n) is 3.95. The largest absolute Gasteiger partial charge is 0.489 e. The molecule has 0 bridgehead atoms. The second-order valence-corrected chi connectivity index (χ2v) is 8.82. The average molecular weight is 548 g/mol. The molecule has 41 heavy (non-hydrogen) atoms. The van der Waals surface area contributed by atoms with Crippen LogP contribution in [0.2, 0.25) is 0 Å². The number of ether oxygens (including phenoxy) is 2. The smallest absolute Gasteiger partial charge is 0.310 e. The lowest BCUT2D eigenvalue weighted by Crippen LogP contribution is -2.24. The van der Waals surface area contributed by atoms with Crippen molar-refractivity contribution in [2.24, 2.45) is 5.10 Å². The minimum atomic E-state index is -0.573. The highest BCUT2D eigenvalue weighted by Crippen LogP contribution is 2.26. The maximum Gasteiger partial charge on any atom is 0.310 e. The van der Waals surface area contributed by atoms with Gasteiger partial charge in [-0.3, -0.25) is 14.9 Å². The van der Waals surface area contributed by atoms with E-state index in [0.717, 1.165) is 22.6 Å². The summed E-state index contributed by atoms with van der Waals surface area (Å²) in [6, 6.07) is 33.0. The lowest BCUT2D eigenvalue weighted by Gasteiger charge is -2.07. The number of nitrogens with one attached hydrogen (secondary N) is 1. The highest BCUT2D eigenvalue weighted by Gasteiger charge is 2.15. The van der Waals surface area contributed by atoms with Crippen LogP contribution >= 0.6 is 0 Å². The van der Waals surface area contributed by atoms with Crippen molar-refractivity contribution in [2.75, 3.05) is 6.61 Å². The molecule has 10 nitrogen and oxygen atoms in total. The third-order valence-electron chi connectivity index (χ3n) is 5.95. The maximum atomic E-state index is 12.3. The van der Waals surface area contributed by atoms with Gasteiger partial charge in [0.25, 0.3) is 5.91 Å². The average Bonchev–Trinajstić information content (AvgIpc) is 3.44. The number of aromatic nitrogens is 2. The molecule has 0 aliphatic rings. The topological polar surface area (TPSA) is 121 Å². The fraction of sp³-hybridized carbons (Fsp3) is 0.0645. The van der Waals surface area contributed by atoms with Gasteiger partial charge in [0.15, 0.2) is 12.4 Å². The van der Waals surface area contributed by atoms with Gasteiger partial charge in [0.05, 0.1) is 16.8 Å². The third kappa shape index (κ3) is 7.01. The second-order valence-electron chi connectivity index (χ2n) is 8.82. The molecule has 1 aromatic heterocycles. The van der Waals surface area contributed by atoms with Gasteiger partial charge < -0.3 is 9.47 Å². The number of para-hydroxylation sites is 3. The van der Waals surface area contributed by atoms with Crippen LogP contribution in [0, 0.1) is 10.1 Å². The summed E-state index contributed by atoms with van der Waals surface area (Å²) in [6.45, 7) is 0.0184. The number of hydrogen-bond acceptors (Lipinski definition) is 7. The number of nitro benzene ring substituents is 1. The minimum Gasteiger partial charge on any atom is -0.489 e. The standard InChI is InChI=1S/C31H25N5O5/c37-30(22-41-29-14-8-7-13-28(29)36(38)39)33-32-19-25-20-35(26-11-5-2-6-12-26)34-31(25)24-15-17-27(18-16-24)40-21-23-9-3-1-4-10-23/h1-20H,21-22H2,(H,33,37). The van der Waals surface area contributed by atoms with E-state index in [1.165, 1.54) is 24.4 Å². The van der Waals surface area contributed by atoms with Crippen molar-refractivity contribution in [3.05, 3.63) is 137 Å². The number of amides is 1. The van der Waals surface area contributed by atoms with E-state index in [4.69, 9.17) is 14.6 Å². The molecule has 1 heterocycles. The Morgan fingerprint density at radius 1 is 0.902 bits per heavy atom. The molecule has 0 saturated heterocycles. The SMILES string of the molecule is O=C(COc1ccccc1[N+](=O)[O-])NN=Cc1cn(-c2ccccc2)nc1-c1ccc(OCc2ccccc2)cc1. The predicted octanol–water partition coefficient (Wildman–Crippen LogP) is 5.56. The van der Waals surface area contributed by atoms with Gasteiger partial charge in [-0.25, -0.2) is 10.1 Å². The van der Waals surface area contributed by atoms with Gasteiger partial charge in [-0.05, 0) is 48.0 Å². The highest BCUT2D eigenvalue weighted by molar-refractivity contribution is 5.90. The molecular formula is C31H25N5O5. The number of rotatable bonds is 11. The molecular weight excluding hydrogens is 522 g/mol. The number of benzene rings is 4. The van der Waals surface area contributed by atoms with Gasteiger partial charge in [0, 0.05) is 23.4 Å². The van der Waals surface area contributed by atoms with Gasteiger partial charge in [0.2, 0.25) is 0 Å². The van der Waals surface area contributed by atoms with E-state index in [2.05, 4.69) is 10.5 Å². The first-order valence-electron chi connectivity index (χ1n) is 12.7. The summed E-state index contributed by atoms with van der Waals surface area (Å²) in [5.74, 6) is 0.150. The van der Waals surface area contributed by atoms with Crippen LogP contribution < -0.4 is 14.9 Å². The van der Waals surface area contributed by atoms with E-state index >= 15 is 0 Å². The zero-order valence-electron chi connectivity index (χ0n) is 21.8. The van der Waals surface area contributed by atoms with Crippen LogP contribution in [0.25, 0.3) is 16.9 Å². The minimum absolute atomic E-state index is 0.000696. The normalized spacial score (nSPS) is 10.8. The monoisotopic (exact) mass is 547 g/mol. The Balaban J connectivity index is 1.29. The Hall–Kier alpha value is -5.77. The summed E-state index contributed by atoms with van der Waals surface area (Å²) in [6.07, 6.45) is 3.30. The number of nitrogens with zero attached hydrogens (tertiary/aromatic N) is 4. The molecule has 0 saturated carbocycles. The molecule has 0 spiro atoms. The fourth-order valence-corrected chi connectivity index (χ4v) is 3.95. The van der Waals surface area contributed by atoms with Gasteiger partial charge >= 0.3 is 5.69 Å². The van der Waals surface area contributed by atoms with Crippen molar-refractivity contribution in [1.82, 2.24) is 15.2 Å². The van der Waals surface area contributed by atoms with Crippen LogP contribution in [-0.2, 0) is 11.4 Å².